The Morgan fingerprint density at radius 3 is 2.56 bits per heavy atom. The van der Waals surface area contributed by atoms with Gasteiger partial charge in [-0.25, -0.2) is 4.79 Å². The van der Waals surface area contributed by atoms with Crippen LogP contribution in [0, 0.1) is 10.1 Å². The van der Waals surface area contributed by atoms with Gasteiger partial charge in [-0.2, -0.15) is 0 Å². The minimum Gasteiger partial charge on any atom is -0.481 e. The summed E-state index contributed by atoms with van der Waals surface area (Å²) < 4.78 is 1.55. The maximum atomic E-state index is 11.7. The Bertz CT molecular complexity index is 599. The lowest BCUT2D eigenvalue weighted by molar-refractivity contribution is -0.387. The highest BCUT2D eigenvalue weighted by Gasteiger charge is 2.19. The molecule has 0 radical (unpaired) electrons. The van der Waals surface area contributed by atoms with Crippen LogP contribution >= 0.6 is 0 Å². The van der Waals surface area contributed by atoms with E-state index < -0.39 is 40.8 Å². The normalized spacial score (nSPS) is 10.3. The van der Waals surface area contributed by atoms with Gasteiger partial charge in [-0.3, -0.25) is 28.8 Å². The standard InChI is InChI=1S/C9H11N3O6/c1-2-10-5-6(12(17)18)8(15)11(9(10)16)4-3-7(13)14/h5H,2-4H2,1H3,(H,13,14). The number of rotatable bonds is 5. The molecule has 0 aliphatic carbocycles. The van der Waals surface area contributed by atoms with Gasteiger partial charge in [0.25, 0.3) is 0 Å². The van der Waals surface area contributed by atoms with E-state index in [1.165, 1.54) is 0 Å². The molecule has 0 fully saturated rings. The molecule has 98 valence electrons. The first-order chi connectivity index (χ1) is 8.38. The molecule has 1 aromatic heterocycles. The van der Waals surface area contributed by atoms with Crippen molar-refractivity contribution in [1.29, 1.82) is 0 Å². The molecule has 0 atom stereocenters. The highest BCUT2D eigenvalue weighted by atomic mass is 16.6. The SMILES string of the molecule is CCn1cc([N+](=O)[O-])c(=O)n(CCC(=O)O)c1=O. The van der Waals surface area contributed by atoms with Crippen LogP contribution in [0.5, 0.6) is 0 Å². The number of carboxylic acids is 1. The Labute approximate surface area is 100 Å². The van der Waals surface area contributed by atoms with Crippen molar-refractivity contribution in [1.82, 2.24) is 9.13 Å². The van der Waals surface area contributed by atoms with Crippen molar-refractivity contribution in [3.63, 3.8) is 0 Å². The molecule has 1 aromatic rings. The van der Waals surface area contributed by atoms with Gasteiger partial charge in [0.1, 0.15) is 0 Å². The summed E-state index contributed by atoms with van der Waals surface area (Å²) in [5.41, 5.74) is -2.59. The van der Waals surface area contributed by atoms with Crippen LogP contribution in [0.2, 0.25) is 0 Å². The zero-order valence-electron chi connectivity index (χ0n) is 9.53. The number of aliphatic carboxylic acids is 1. The maximum Gasteiger partial charge on any atom is 0.350 e. The van der Waals surface area contributed by atoms with Gasteiger partial charge >= 0.3 is 22.9 Å². The van der Waals surface area contributed by atoms with Crippen molar-refractivity contribution >= 4 is 11.7 Å². The number of hydrogen-bond donors (Lipinski definition) is 1. The Morgan fingerprint density at radius 2 is 2.11 bits per heavy atom. The van der Waals surface area contributed by atoms with Crippen LogP contribution < -0.4 is 11.2 Å². The number of aryl methyl sites for hydroxylation is 1. The lowest BCUT2D eigenvalue weighted by Crippen LogP contribution is -2.40. The third kappa shape index (κ3) is 2.62. The van der Waals surface area contributed by atoms with Crippen LogP contribution in [-0.2, 0) is 17.9 Å². The lowest BCUT2D eigenvalue weighted by atomic mass is 10.4. The molecule has 0 amide bonds. The fourth-order valence-corrected chi connectivity index (χ4v) is 1.39. The average Bonchev–Trinajstić information content (AvgIpc) is 2.28. The number of nitrogens with zero attached hydrogens (tertiary/aromatic N) is 3. The summed E-state index contributed by atoms with van der Waals surface area (Å²) in [6, 6.07) is 0. The van der Waals surface area contributed by atoms with Crippen molar-refractivity contribution in [2.24, 2.45) is 0 Å². The predicted molar refractivity (Wildman–Crippen MR) is 59.5 cm³/mol. The van der Waals surface area contributed by atoms with E-state index >= 15 is 0 Å². The summed E-state index contributed by atoms with van der Waals surface area (Å²) >= 11 is 0. The minimum atomic E-state index is -1.20. The molecule has 18 heavy (non-hydrogen) atoms. The number of carbonyl (C=O) groups is 1. The molecule has 0 aliphatic heterocycles. The third-order valence-electron chi connectivity index (χ3n) is 2.31. The van der Waals surface area contributed by atoms with Crippen molar-refractivity contribution in [3.8, 4) is 0 Å². The van der Waals surface area contributed by atoms with E-state index in [9.17, 15) is 24.5 Å². The number of nitro groups is 1. The fraction of sp³-hybridized carbons (Fsp3) is 0.444. The smallest absolute Gasteiger partial charge is 0.350 e. The lowest BCUT2D eigenvalue weighted by Gasteiger charge is -2.07. The molecule has 0 spiro atoms. The molecule has 0 saturated carbocycles. The van der Waals surface area contributed by atoms with E-state index in [1.54, 1.807) is 6.92 Å². The average molecular weight is 257 g/mol. The number of carboxylic acid groups (broad SMARTS) is 1. The van der Waals surface area contributed by atoms with Crippen molar-refractivity contribution in [3.05, 3.63) is 37.1 Å². The van der Waals surface area contributed by atoms with Gasteiger partial charge in [-0.15, -0.1) is 0 Å². The summed E-state index contributed by atoms with van der Waals surface area (Å²) in [7, 11) is 0. The summed E-state index contributed by atoms with van der Waals surface area (Å²) in [5.74, 6) is -1.20. The second-order valence-electron chi connectivity index (χ2n) is 3.44. The highest BCUT2D eigenvalue weighted by Crippen LogP contribution is 2.00. The molecule has 0 aromatic carbocycles. The molecule has 1 heterocycles. The van der Waals surface area contributed by atoms with E-state index in [0.717, 1.165) is 10.8 Å². The second-order valence-corrected chi connectivity index (χ2v) is 3.44. The Balaban J connectivity index is 3.43. The van der Waals surface area contributed by atoms with E-state index in [4.69, 9.17) is 5.11 Å². The van der Waals surface area contributed by atoms with Crippen LogP contribution in [0.4, 0.5) is 5.69 Å². The van der Waals surface area contributed by atoms with E-state index in [1.807, 2.05) is 0 Å². The highest BCUT2D eigenvalue weighted by molar-refractivity contribution is 5.66. The number of hydrogen-bond acceptors (Lipinski definition) is 5. The van der Waals surface area contributed by atoms with Crippen LogP contribution in [-0.4, -0.2) is 25.1 Å². The molecule has 0 saturated heterocycles. The zero-order valence-corrected chi connectivity index (χ0v) is 9.53. The molecule has 0 aliphatic rings. The Kier molecular flexibility index (Phi) is 3.97. The summed E-state index contributed by atoms with van der Waals surface area (Å²) in [6.45, 7) is 1.33. The first-order valence-electron chi connectivity index (χ1n) is 5.09. The molecule has 9 heteroatoms. The summed E-state index contributed by atoms with van der Waals surface area (Å²) in [4.78, 5) is 43.5. The van der Waals surface area contributed by atoms with E-state index in [-0.39, 0.29) is 6.54 Å². The van der Waals surface area contributed by atoms with Gasteiger partial charge < -0.3 is 5.11 Å². The minimum absolute atomic E-state index is 0.146. The molecular weight excluding hydrogens is 246 g/mol. The van der Waals surface area contributed by atoms with Crippen LogP contribution in [0.3, 0.4) is 0 Å². The molecule has 1 rings (SSSR count). The van der Waals surface area contributed by atoms with Crippen LogP contribution in [0.15, 0.2) is 15.8 Å². The predicted octanol–water partition coefficient (Wildman–Crippen LogP) is -0.587. The Morgan fingerprint density at radius 1 is 1.50 bits per heavy atom. The van der Waals surface area contributed by atoms with Crippen molar-refractivity contribution in [2.75, 3.05) is 0 Å². The van der Waals surface area contributed by atoms with E-state index in [2.05, 4.69) is 0 Å². The topological polar surface area (TPSA) is 124 Å². The summed E-state index contributed by atoms with van der Waals surface area (Å²) in [5, 5.41) is 19.2. The first-order valence-corrected chi connectivity index (χ1v) is 5.09. The summed E-state index contributed by atoms with van der Waals surface area (Å²) in [6.07, 6.45) is 0.405. The van der Waals surface area contributed by atoms with Gasteiger partial charge in [0, 0.05) is 13.1 Å². The molecule has 0 unspecified atom stereocenters. The van der Waals surface area contributed by atoms with Crippen molar-refractivity contribution < 1.29 is 14.8 Å². The monoisotopic (exact) mass is 257 g/mol. The van der Waals surface area contributed by atoms with E-state index in [0.29, 0.717) is 4.57 Å². The molecular formula is C9H11N3O6. The third-order valence-corrected chi connectivity index (χ3v) is 2.31. The van der Waals surface area contributed by atoms with Gasteiger partial charge in [0.15, 0.2) is 0 Å². The molecule has 1 N–H and O–H groups in total. The Hall–Kier alpha value is -2.45. The zero-order chi connectivity index (χ0) is 13.9. The fourth-order valence-electron chi connectivity index (χ4n) is 1.39. The maximum absolute atomic E-state index is 11.7. The van der Waals surface area contributed by atoms with Gasteiger partial charge in [-0.05, 0) is 6.92 Å². The van der Waals surface area contributed by atoms with Crippen LogP contribution in [0.25, 0.3) is 0 Å². The first kappa shape index (κ1) is 13.6. The van der Waals surface area contributed by atoms with Crippen LogP contribution in [0.1, 0.15) is 13.3 Å². The molecule has 9 nitrogen and oxygen atoms in total. The quantitative estimate of drug-likeness (QED) is 0.555. The van der Waals surface area contributed by atoms with Gasteiger partial charge in [0.2, 0.25) is 0 Å². The van der Waals surface area contributed by atoms with Gasteiger partial charge in [-0.1, -0.05) is 0 Å². The number of aromatic nitrogens is 2. The van der Waals surface area contributed by atoms with Crippen molar-refractivity contribution in [2.45, 2.75) is 26.4 Å². The largest absolute Gasteiger partial charge is 0.481 e. The molecule has 0 bridgehead atoms. The van der Waals surface area contributed by atoms with Gasteiger partial charge in [0.05, 0.1) is 17.5 Å². The second kappa shape index (κ2) is 5.25.